The molecule has 0 saturated heterocycles. The van der Waals surface area contributed by atoms with Gasteiger partial charge in [-0.1, -0.05) is 35.1 Å². The molecule has 0 bridgehead atoms. The average molecular weight is 388 g/mol. The molecule has 0 radical (unpaired) electrons. The molecule has 2 unspecified atom stereocenters. The maximum atomic E-state index is 2.55. The molecular weight excluding hydrogens is 374 g/mol. The van der Waals surface area contributed by atoms with Crippen molar-refractivity contribution in [1.29, 1.82) is 0 Å². The molecule has 1 aliphatic rings. The maximum absolute atomic E-state index is 2.55. The molecule has 0 aromatic heterocycles. The van der Waals surface area contributed by atoms with E-state index in [1.54, 1.807) is 11.1 Å². The van der Waals surface area contributed by atoms with E-state index >= 15 is 0 Å². The van der Waals surface area contributed by atoms with Crippen molar-refractivity contribution in [2.45, 2.75) is 31.6 Å². The van der Waals surface area contributed by atoms with Gasteiger partial charge in [-0.05, 0) is 60.4 Å². The Morgan fingerprint density at radius 1 is 1.08 bits per heavy atom. The molecule has 1 rings (SSSR count). The number of halogens is 2. The van der Waals surface area contributed by atoms with E-state index in [-0.39, 0.29) is 0 Å². The average Bonchev–Trinajstić information content (AvgIpc) is 2.08. The molecule has 0 aromatic carbocycles. The van der Waals surface area contributed by atoms with Gasteiger partial charge < -0.3 is 0 Å². The molecule has 2 heteroatoms. The first-order chi connectivity index (χ1) is 5.46. The van der Waals surface area contributed by atoms with Crippen LogP contribution in [0.15, 0.2) is 20.3 Å². The highest BCUT2D eigenvalue weighted by atomic mass is 127. The first kappa shape index (κ1) is 11.0. The summed E-state index contributed by atoms with van der Waals surface area (Å²) in [5, 5.41) is 0. The van der Waals surface area contributed by atoms with Gasteiger partial charge in [-0.3, -0.25) is 0 Å². The summed E-state index contributed by atoms with van der Waals surface area (Å²) in [7, 11) is 0. The Morgan fingerprint density at radius 2 is 1.58 bits per heavy atom. The van der Waals surface area contributed by atoms with Crippen LogP contribution in [0.3, 0.4) is 0 Å². The molecule has 0 saturated carbocycles. The predicted octanol–water partition coefficient (Wildman–Crippen LogP) is 4.49. The third-order valence-electron chi connectivity index (χ3n) is 2.80. The Balaban J connectivity index is 3.18. The molecule has 2 atom stereocenters. The first-order valence-electron chi connectivity index (χ1n) is 4.15. The SMILES string of the molecule is CC1=C(C)C(C)C(I)C(C)=C1I. The van der Waals surface area contributed by atoms with Crippen LogP contribution in [-0.2, 0) is 0 Å². The van der Waals surface area contributed by atoms with Gasteiger partial charge in [-0.25, -0.2) is 0 Å². The molecule has 1 aliphatic carbocycles. The van der Waals surface area contributed by atoms with Crippen LogP contribution in [0.1, 0.15) is 27.7 Å². The molecule has 0 amide bonds. The molecule has 12 heavy (non-hydrogen) atoms. The van der Waals surface area contributed by atoms with Gasteiger partial charge in [0.1, 0.15) is 0 Å². The molecule has 0 spiro atoms. The quantitative estimate of drug-likeness (QED) is 0.424. The highest BCUT2D eigenvalue weighted by molar-refractivity contribution is 14.1. The van der Waals surface area contributed by atoms with Gasteiger partial charge >= 0.3 is 0 Å². The monoisotopic (exact) mass is 388 g/mol. The molecule has 0 aliphatic heterocycles. The minimum atomic E-state index is 0.693. The van der Waals surface area contributed by atoms with E-state index in [0.717, 1.165) is 0 Å². The van der Waals surface area contributed by atoms with Crippen LogP contribution in [0.2, 0.25) is 0 Å². The van der Waals surface area contributed by atoms with Crippen LogP contribution in [-0.4, -0.2) is 3.92 Å². The minimum Gasteiger partial charge on any atom is -0.0771 e. The zero-order chi connectivity index (χ0) is 9.46. The second-order valence-electron chi connectivity index (χ2n) is 3.50. The largest absolute Gasteiger partial charge is 0.0771 e. The molecule has 0 aromatic rings. The number of alkyl halides is 1. The van der Waals surface area contributed by atoms with Crippen LogP contribution >= 0.6 is 45.2 Å². The third kappa shape index (κ3) is 1.74. The van der Waals surface area contributed by atoms with E-state index in [4.69, 9.17) is 0 Å². The van der Waals surface area contributed by atoms with Gasteiger partial charge in [-0.2, -0.15) is 0 Å². The summed E-state index contributed by atoms with van der Waals surface area (Å²) in [5.41, 5.74) is 4.60. The van der Waals surface area contributed by atoms with Gasteiger partial charge in [0.2, 0.25) is 0 Å². The fourth-order valence-electron chi connectivity index (χ4n) is 1.53. The van der Waals surface area contributed by atoms with Crippen molar-refractivity contribution in [3.63, 3.8) is 0 Å². The van der Waals surface area contributed by atoms with Gasteiger partial charge in [0.15, 0.2) is 0 Å². The Labute approximate surface area is 102 Å². The number of hydrogen-bond acceptors (Lipinski definition) is 0. The van der Waals surface area contributed by atoms with E-state index in [0.29, 0.717) is 9.84 Å². The van der Waals surface area contributed by atoms with Gasteiger partial charge in [-0.15, -0.1) is 0 Å². The predicted molar refractivity (Wildman–Crippen MR) is 72.1 cm³/mol. The van der Waals surface area contributed by atoms with E-state index in [2.05, 4.69) is 72.9 Å². The van der Waals surface area contributed by atoms with Crippen LogP contribution in [0.5, 0.6) is 0 Å². The van der Waals surface area contributed by atoms with Crippen LogP contribution in [0.4, 0.5) is 0 Å². The summed E-state index contributed by atoms with van der Waals surface area (Å²) < 4.78 is 2.17. The van der Waals surface area contributed by atoms with Crippen molar-refractivity contribution in [1.82, 2.24) is 0 Å². The number of allylic oxidation sites excluding steroid dienone is 4. The molecule has 0 nitrogen and oxygen atoms in total. The standard InChI is InChI=1S/C10H14I2/c1-5-6(2)9(11)8(4)10(12)7(5)3/h6,9H,1-4H3. The fraction of sp³-hybridized carbons (Fsp3) is 0.600. The summed E-state index contributed by atoms with van der Waals surface area (Å²) in [6, 6.07) is 0. The summed E-state index contributed by atoms with van der Waals surface area (Å²) in [6.07, 6.45) is 0. The molecule has 0 fully saturated rings. The lowest BCUT2D eigenvalue weighted by atomic mass is 9.86. The number of hydrogen-bond donors (Lipinski definition) is 0. The lowest BCUT2D eigenvalue weighted by molar-refractivity contribution is 0.685. The molecule has 68 valence electrons. The highest BCUT2D eigenvalue weighted by Crippen LogP contribution is 2.40. The lowest BCUT2D eigenvalue weighted by Crippen LogP contribution is -2.19. The van der Waals surface area contributed by atoms with Crippen molar-refractivity contribution < 1.29 is 0 Å². The van der Waals surface area contributed by atoms with Crippen molar-refractivity contribution in [3.8, 4) is 0 Å². The van der Waals surface area contributed by atoms with E-state index < -0.39 is 0 Å². The summed E-state index contributed by atoms with van der Waals surface area (Å²) >= 11 is 5.02. The smallest absolute Gasteiger partial charge is 0.0392 e. The topological polar surface area (TPSA) is 0 Å². The summed E-state index contributed by atoms with van der Waals surface area (Å²) in [5.74, 6) is 0.712. The lowest BCUT2D eigenvalue weighted by Gasteiger charge is -2.28. The van der Waals surface area contributed by atoms with Crippen LogP contribution in [0.25, 0.3) is 0 Å². The molecular formula is C10H14I2. The number of rotatable bonds is 0. The first-order valence-corrected chi connectivity index (χ1v) is 6.47. The van der Waals surface area contributed by atoms with Gasteiger partial charge in [0, 0.05) is 7.50 Å². The van der Waals surface area contributed by atoms with Crippen LogP contribution < -0.4 is 0 Å². The summed E-state index contributed by atoms with van der Waals surface area (Å²) in [4.78, 5) is 0. The minimum absolute atomic E-state index is 0.693. The van der Waals surface area contributed by atoms with Crippen molar-refractivity contribution in [2.24, 2.45) is 5.92 Å². The van der Waals surface area contributed by atoms with Gasteiger partial charge in [0.05, 0.1) is 0 Å². The summed E-state index contributed by atoms with van der Waals surface area (Å²) in [6.45, 7) is 9.07. The maximum Gasteiger partial charge on any atom is 0.0392 e. The Hall–Kier alpha value is 0.940. The van der Waals surface area contributed by atoms with Crippen molar-refractivity contribution in [2.75, 3.05) is 0 Å². The van der Waals surface area contributed by atoms with Crippen molar-refractivity contribution in [3.05, 3.63) is 20.3 Å². The van der Waals surface area contributed by atoms with E-state index in [9.17, 15) is 0 Å². The van der Waals surface area contributed by atoms with E-state index in [1.165, 1.54) is 9.15 Å². The third-order valence-corrected chi connectivity index (χ3v) is 6.48. The zero-order valence-corrected chi connectivity index (χ0v) is 12.2. The molecule has 0 heterocycles. The Morgan fingerprint density at radius 3 is 2.08 bits per heavy atom. The molecule has 0 N–H and O–H groups in total. The highest BCUT2D eigenvalue weighted by Gasteiger charge is 2.25. The Bertz CT molecular complexity index is 233. The zero-order valence-electron chi connectivity index (χ0n) is 7.91. The fourth-order valence-corrected chi connectivity index (χ4v) is 3.73. The second kappa shape index (κ2) is 3.98. The van der Waals surface area contributed by atoms with Crippen molar-refractivity contribution >= 4 is 45.2 Å². The second-order valence-corrected chi connectivity index (χ2v) is 5.92. The van der Waals surface area contributed by atoms with Crippen LogP contribution in [0, 0.1) is 5.92 Å². The van der Waals surface area contributed by atoms with Gasteiger partial charge in [0.25, 0.3) is 0 Å². The normalized spacial score (nSPS) is 31.5. The Kier molecular flexibility index (Phi) is 3.66. The van der Waals surface area contributed by atoms with E-state index in [1.807, 2.05) is 0 Å².